The van der Waals surface area contributed by atoms with Gasteiger partial charge in [0.2, 0.25) is 0 Å². The van der Waals surface area contributed by atoms with Crippen molar-refractivity contribution in [2.75, 3.05) is 18.1 Å². The van der Waals surface area contributed by atoms with Gasteiger partial charge in [0.15, 0.2) is 10.8 Å². The van der Waals surface area contributed by atoms with Crippen LogP contribution in [0.2, 0.25) is 0 Å². The third-order valence-electron chi connectivity index (χ3n) is 4.19. The van der Waals surface area contributed by atoms with Crippen molar-refractivity contribution in [3.8, 4) is 0 Å². The van der Waals surface area contributed by atoms with Gasteiger partial charge in [-0.05, 0) is 0 Å². The SMILES string of the molecule is CC(=O)OCC1=C(C(=O)O)N2C(=O)[C@@H](NC(=O)/C(=N\OC(F)F)c3csc(N)n3)[C@H]2SC1.[NaH]. The summed E-state index contributed by atoms with van der Waals surface area (Å²) in [6.07, 6.45) is 0. The van der Waals surface area contributed by atoms with Crippen molar-refractivity contribution in [1.82, 2.24) is 15.2 Å². The van der Waals surface area contributed by atoms with Crippen molar-refractivity contribution in [1.29, 1.82) is 0 Å². The quantitative estimate of drug-likeness (QED) is 0.132. The van der Waals surface area contributed by atoms with Crippen molar-refractivity contribution in [3.05, 3.63) is 22.3 Å². The Labute approximate surface area is 214 Å². The van der Waals surface area contributed by atoms with Crippen LogP contribution in [0.5, 0.6) is 0 Å². The molecule has 0 aliphatic carbocycles. The van der Waals surface area contributed by atoms with E-state index >= 15 is 0 Å². The number of β-lactam (4-membered cyclic amide) rings is 1. The normalized spacial score (nSPS) is 19.9. The summed E-state index contributed by atoms with van der Waals surface area (Å²) < 4.78 is 29.7. The fraction of sp³-hybridized carbons (Fsp3) is 0.375. The number of thiazole rings is 1. The molecular weight excluding hydrogens is 499 g/mol. The Bertz CT molecular complexity index is 1030. The van der Waals surface area contributed by atoms with Crippen LogP contribution < -0.4 is 11.1 Å². The average Bonchev–Trinajstić information content (AvgIpc) is 3.15. The Morgan fingerprint density at radius 3 is 2.70 bits per heavy atom. The Morgan fingerprint density at radius 2 is 2.15 bits per heavy atom. The van der Waals surface area contributed by atoms with Gasteiger partial charge < -0.3 is 25.7 Å². The number of carboxylic acids is 1. The first-order valence-corrected chi connectivity index (χ1v) is 10.6. The molecule has 2 aliphatic heterocycles. The molecule has 0 bridgehead atoms. The number of oxime groups is 1. The number of aromatic nitrogens is 1. The van der Waals surface area contributed by atoms with Crippen LogP contribution in [0.1, 0.15) is 12.6 Å². The van der Waals surface area contributed by atoms with Gasteiger partial charge in [0.1, 0.15) is 29.4 Å². The van der Waals surface area contributed by atoms with Gasteiger partial charge in [0.05, 0.1) is 0 Å². The van der Waals surface area contributed by atoms with E-state index < -0.39 is 47.5 Å². The number of fused-ring (bicyclic) bond motifs is 1. The van der Waals surface area contributed by atoms with Gasteiger partial charge in [-0.2, -0.15) is 8.78 Å². The summed E-state index contributed by atoms with van der Waals surface area (Å²) in [6.45, 7) is -2.44. The third kappa shape index (κ3) is 6.00. The summed E-state index contributed by atoms with van der Waals surface area (Å²) in [7, 11) is 0. The molecule has 17 heteroatoms. The molecule has 4 N–H and O–H groups in total. The van der Waals surface area contributed by atoms with E-state index in [0.29, 0.717) is 0 Å². The fourth-order valence-electron chi connectivity index (χ4n) is 2.89. The second-order valence-corrected chi connectivity index (χ2v) is 8.27. The Hall–Kier alpha value is -2.27. The molecule has 0 radical (unpaired) electrons. The number of hydrogen-bond donors (Lipinski definition) is 3. The molecule has 1 aromatic heterocycles. The number of thioether (sulfide) groups is 1. The minimum absolute atomic E-state index is 0. The minimum atomic E-state index is -3.30. The number of rotatable bonds is 8. The Kier molecular flexibility index (Phi) is 9.19. The number of amides is 2. The maximum absolute atomic E-state index is 12.6. The van der Waals surface area contributed by atoms with E-state index in [1.165, 1.54) is 5.38 Å². The summed E-state index contributed by atoms with van der Waals surface area (Å²) in [5, 5.41) is 15.5. The van der Waals surface area contributed by atoms with Crippen LogP contribution in [0.3, 0.4) is 0 Å². The first-order valence-electron chi connectivity index (χ1n) is 8.67. The molecule has 3 heterocycles. The zero-order valence-electron chi connectivity index (χ0n) is 16.1. The summed E-state index contributed by atoms with van der Waals surface area (Å²) in [4.78, 5) is 56.6. The molecule has 0 saturated carbocycles. The second-order valence-electron chi connectivity index (χ2n) is 6.28. The first kappa shape index (κ1) is 27.0. The van der Waals surface area contributed by atoms with Gasteiger partial charge in [-0.3, -0.25) is 19.3 Å². The molecule has 0 aromatic carbocycles. The van der Waals surface area contributed by atoms with E-state index in [2.05, 4.69) is 20.3 Å². The molecule has 1 aromatic rings. The number of nitrogens with zero attached hydrogens (tertiary/aromatic N) is 3. The molecule has 12 nitrogen and oxygen atoms in total. The zero-order chi connectivity index (χ0) is 23.6. The predicted octanol–water partition coefficient (Wildman–Crippen LogP) is -0.678. The second kappa shape index (κ2) is 11.2. The topological polar surface area (TPSA) is 174 Å². The summed E-state index contributed by atoms with van der Waals surface area (Å²) in [5.74, 6) is -3.69. The first-order chi connectivity index (χ1) is 15.1. The van der Waals surface area contributed by atoms with Crippen LogP contribution in [-0.4, -0.2) is 104 Å². The number of anilines is 1. The van der Waals surface area contributed by atoms with E-state index in [-0.39, 0.29) is 64.0 Å². The number of hydrogen-bond acceptors (Lipinski definition) is 11. The molecule has 1 saturated heterocycles. The molecule has 3 rings (SSSR count). The van der Waals surface area contributed by atoms with Crippen molar-refractivity contribution < 1.29 is 42.6 Å². The molecule has 174 valence electrons. The standard InChI is InChI=1S/C16H15F2N5O7S2.Na.H/c1-5(24)29-2-6-3-31-13-9(12(26)23(13)10(6)14(27)28)21-11(25)8(22-30-15(17)18)7-4-32-16(19)20-7;;/h4,9,13,15H,2-3H2,1H3,(H2,19,20)(H,21,25)(H,27,28);;/b22-8-;;/t9-,13-;;/m1../s1. The maximum atomic E-state index is 12.6. The zero-order valence-corrected chi connectivity index (χ0v) is 17.7. The number of nitrogens with one attached hydrogen (secondary N) is 1. The molecular formula is C16H16F2N5NaO7S2. The molecule has 1 fully saturated rings. The number of esters is 1. The van der Waals surface area contributed by atoms with Crippen LogP contribution in [0.4, 0.5) is 13.9 Å². The van der Waals surface area contributed by atoms with Crippen molar-refractivity contribution in [3.63, 3.8) is 0 Å². The fourth-order valence-corrected chi connectivity index (χ4v) is 4.76. The molecule has 0 spiro atoms. The van der Waals surface area contributed by atoms with Gasteiger partial charge in [0.25, 0.3) is 11.8 Å². The number of nitrogen functional groups attached to an aromatic ring is 1. The monoisotopic (exact) mass is 515 g/mol. The van der Waals surface area contributed by atoms with Gasteiger partial charge in [-0.25, -0.2) is 9.78 Å². The third-order valence-corrected chi connectivity index (χ3v) is 6.20. The van der Waals surface area contributed by atoms with Gasteiger partial charge in [-0.1, -0.05) is 5.16 Å². The summed E-state index contributed by atoms with van der Waals surface area (Å²) in [6, 6.07) is -1.16. The number of ether oxygens (including phenoxy) is 1. The number of aliphatic carboxylic acids is 1. The average molecular weight is 515 g/mol. The van der Waals surface area contributed by atoms with E-state index in [4.69, 9.17) is 10.5 Å². The molecule has 2 aliphatic rings. The van der Waals surface area contributed by atoms with E-state index in [0.717, 1.165) is 34.9 Å². The van der Waals surface area contributed by atoms with E-state index in [1.807, 2.05) is 0 Å². The number of halogens is 2. The van der Waals surface area contributed by atoms with Gasteiger partial charge >= 0.3 is 48.1 Å². The van der Waals surface area contributed by atoms with Crippen LogP contribution in [0, 0.1) is 0 Å². The summed E-state index contributed by atoms with van der Waals surface area (Å²) in [5.41, 5.74) is 4.61. The van der Waals surface area contributed by atoms with E-state index in [9.17, 15) is 33.1 Å². The molecule has 0 unspecified atom stereocenters. The van der Waals surface area contributed by atoms with Crippen LogP contribution in [0.15, 0.2) is 21.8 Å². The van der Waals surface area contributed by atoms with Crippen molar-refractivity contribution in [2.24, 2.45) is 5.16 Å². The Balaban J connectivity index is 0.00000385. The van der Waals surface area contributed by atoms with Crippen molar-refractivity contribution >= 4 is 87.3 Å². The van der Waals surface area contributed by atoms with Gasteiger partial charge in [0, 0.05) is 23.6 Å². The van der Waals surface area contributed by atoms with Gasteiger partial charge in [-0.15, -0.1) is 23.1 Å². The molecule has 2 amide bonds. The van der Waals surface area contributed by atoms with Crippen LogP contribution >= 0.6 is 23.1 Å². The predicted molar refractivity (Wildman–Crippen MR) is 114 cm³/mol. The number of carbonyl (C=O) groups is 4. The molecule has 33 heavy (non-hydrogen) atoms. The number of carbonyl (C=O) groups excluding carboxylic acids is 3. The summed E-state index contributed by atoms with van der Waals surface area (Å²) >= 11 is 2.06. The van der Waals surface area contributed by atoms with Crippen LogP contribution in [-0.2, 0) is 28.8 Å². The van der Waals surface area contributed by atoms with Crippen LogP contribution in [0.25, 0.3) is 0 Å². The van der Waals surface area contributed by atoms with Crippen molar-refractivity contribution in [2.45, 2.75) is 25.0 Å². The molecule has 2 atom stereocenters. The number of carboxylic acid groups (broad SMARTS) is 1. The Morgan fingerprint density at radius 1 is 1.45 bits per heavy atom. The number of alkyl halides is 2. The van der Waals surface area contributed by atoms with E-state index in [1.54, 1.807) is 0 Å². The number of nitrogens with two attached hydrogens (primary N) is 1.